The molecule has 8 heteroatoms. The Morgan fingerprint density at radius 3 is 1.85 bits per heavy atom. The van der Waals surface area contributed by atoms with E-state index in [9.17, 15) is 22.6 Å². The first-order valence-electron chi connectivity index (χ1n) is 12.8. The van der Waals surface area contributed by atoms with Gasteiger partial charge in [-0.3, -0.25) is 9.35 Å². The molecule has 0 unspecified atom stereocenters. The predicted molar refractivity (Wildman–Crippen MR) is 126 cm³/mol. The maximum Gasteiger partial charge on any atom is 0.338 e. The highest BCUT2D eigenvalue weighted by Gasteiger charge is 2.31. The standard InChI is InChI=1S/C26H36O7S/c27-25(32-22-7-3-1-4-8-22)19-13-11-18(12-14-19)20-15-21(17-24(16-20)34(29,30)31)26(28)33-23-9-5-2-6-10-23/h15-19,22-23H,1-14H2,(H,29,30,31). The maximum atomic E-state index is 12.8. The van der Waals surface area contributed by atoms with E-state index in [1.54, 1.807) is 6.07 Å². The average Bonchev–Trinajstić information content (AvgIpc) is 2.84. The fourth-order valence-electron chi connectivity index (χ4n) is 5.63. The summed E-state index contributed by atoms with van der Waals surface area (Å²) in [6.45, 7) is 0. The molecular weight excluding hydrogens is 456 g/mol. The third-order valence-electron chi connectivity index (χ3n) is 7.66. The van der Waals surface area contributed by atoms with E-state index in [-0.39, 0.29) is 40.5 Å². The summed E-state index contributed by atoms with van der Waals surface area (Å²) >= 11 is 0. The zero-order valence-corrected chi connectivity index (χ0v) is 20.6. The number of hydrogen-bond donors (Lipinski definition) is 1. The lowest BCUT2D eigenvalue weighted by molar-refractivity contribution is -0.156. The smallest absolute Gasteiger partial charge is 0.338 e. The van der Waals surface area contributed by atoms with Gasteiger partial charge in [0.1, 0.15) is 12.2 Å². The van der Waals surface area contributed by atoms with Gasteiger partial charge < -0.3 is 9.47 Å². The van der Waals surface area contributed by atoms with Gasteiger partial charge in [0.15, 0.2) is 0 Å². The van der Waals surface area contributed by atoms with E-state index in [0.29, 0.717) is 31.2 Å². The summed E-state index contributed by atoms with van der Waals surface area (Å²) in [7, 11) is -4.48. The van der Waals surface area contributed by atoms with E-state index in [2.05, 4.69) is 0 Å². The topological polar surface area (TPSA) is 107 Å². The summed E-state index contributed by atoms with van der Waals surface area (Å²) in [6, 6.07) is 4.32. The molecule has 7 nitrogen and oxygen atoms in total. The summed E-state index contributed by atoms with van der Waals surface area (Å²) < 4.78 is 44.9. The molecule has 3 saturated carbocycles. The van der Waals surface area contributed by atoms with Gasteiger partial charge in [0, 0.05) is 0 Å². The number of rotatable bonds is 6. The van der Waals surface area contributed by atoms with Gasteiger partial charge in [-0.15, -0.1) is 0 Å². The summed E-state index contributed by atoms with van der Waals surface area (Å²) in [5, 5.41) is 0. The molecule has 0 atom stereocenters. The molecule has 0 amide bonds. The second kappa shape index (κ2) is 11.2. The largest absolute Gasteiger partial charge is 0.462 e. The molecule has 0 aromatic heterocycles. The molecule has 3 fully saturated rings. The van der Waals surface area contributed by atoms with Crippen LogP contribution in [0.1, 0.15) is 112 Å². The first-order valence-corrected chi connectivity index (χ1v) is 14.3. The molecule has 188 valence electrons. The van der Waals surface area contributed by atoms with Gasteiger partial charge in [-0.25, -0.2) is 4.79 Å². The lowest BCUT2D eigenvalue weighted by Crippen LogP contribution is -2.28. The van der Waals surface area contributed by atoms with Crippen LogP contribution in [-0.2, 0) is 24.4 Å². The summed E-state index contributed by atoms with van der Waals surface area (Å²) in [5.41, 5.74) is 0.833. The van der Waals surface area contributed by atoms with Crippen LogP contribution in [-0.4, -0.2) is 37.1 Å². The van der Waals surface area contributed by atoms with E-state index in [1.165, 1.54) is 18.6 Å². The highest BCUT2D eigenvalue weighted by molar-refractivity contribution is 7.85. The number of carbonyl (C=O) groups excluding carboxylic acids is 2. The molecule has 1 N–H and O–H groups in total. The zero-order chi connectivity index (χ0) is 24.1. The molecule has 0 spiro atoms. The summed E-state index contributed by atoms with van der Waals surface area (Å²) in [4.78, 5) is 25.1. The normalized spacial score (nSPS) is 25.0. The molecule has 3 aliphatic rings. The number of esters is 2. The predicted octanol–water partition coefficient (Wildman–Crippen LogP) is 5.57. The third-order valence-corrected chi connectivity index (χ3v) is 8.49. The van der Waals surface area contributed by atoms with Crippen LogP contribution in [0.2, 0.25) is 0 Å². The Hall–Kier alpha value is -1.93. The SMILES string of the molecule is O=C(OC1CCCCC1)c1cc(C2CCC(C(=O)OC3CCCCC3)CC2)cc(S(=O)(=O)O)c1. The minimum absolute atomic E-state index is 0.00154. The van der Waals surface area contributed by atoms with Crippen LogP contribution >= 0.6 is 0 Å². The van der Waals surface area contributed by atoms with E-state index in [1.807, 2.05) is 0 Å². The van der Waals surface area contributed by atoms with Crippen molar-refractivity contribution < 1.29 is 32.0 Å². The summed E-state index contributed by atoms with van der Waals surface area (Å²) in [6.07, 6.45) is 12.7. The molecule has 1 aromatic carbocycles. The molecule has 0 bridgehead atoms. The van der Waals surface area contributed by atoms with Gasteiger partial charge in [0.05, 0.1) is 16.4 Å². The maximum absolute atomic E-state index is 12.8. The molecule has 0 radical (unpaired) electrons. The van der Waals surface area contributed by atoms with Gasteiger partial charge in [0.25, 0.3) is 10.1 Å². The van der Waals surface area contributed by atoms with Crippen LogP contribution in [0.4, 0.5) is 0 Å². The van der Waals surface area contributed by atoms with Crippen LogP contribution in [0.3, 0.4) is 0 Å². The third kappa shape index (κ3) is 6.60. The van der Waals surface area contributed by atoms with Crippen molar-refractivity contribution in [1.29, 1.82) is 0 Å². The van der Waals surface area contributed by atoms with Crippen LogP contribution in [0.15, 0.2) is 23.1 Å². The first kappa shape index (κ1) is 25.2. The quantitative estimate of drug-likeness (QED) is 0.408. The van der Waals surface area contributed by atoms with Crippen molar-refractivity contribution >= 4 is 22.1 Å². The Bertz CT molecular complexity index is 967. The fraction of sp³-hybridized carbons (Fsp3) is 0.692. The van der Waals surface area contributed by atoms with E-state index in [4.69, 9.17) is 9.47 Å². The molecule has 3 aliphatic carbocycles. The van der Waals surface area contributed by atoms with Crippen LogP contribution in [0, 0.1) is 5.92 Å². The average molecular weight is 493 g/mol. The highest BCUT2D eigenvalue weighted by Crippen LogP contribution is 2.38. The van der Waals surface area contributed by atoms with E-state index < -0.39 is 16.1 Å². The first-order chi connectivity index (χ1) is 16.3. The molecular formula is C26H36O7S. The Kier molecular flexibility index (Phi) is 8.30. The molecule has 34 heavy (non-hydrogen) atoms. The number of ether oxygens (including phenoxy) is 2. The molecule has 1 aromatic rings. The van der Waals surface area contributed by atoms with Crippen LogP contribution in [0.25, 0.3) is 0 Å². The second-order valence-electron chi connectivity index (χ2n) is 10.2. The van der Waals surface area contributed by atoms with Crippen molar-refractivity contribution in [1.82, 2.24) is 0 Å². The summed E-state index contributed by atoms with van der Waals surface area (Å²) in [5.74, 6) is -0.808. The van der Waals surface area contributed by atoms with Gasteiger partial charge in [-0.2, -0.15) is 8.42 Å². The lowest BCUT2D eigenvalue weighted by atomic mass is 9.78. The minimum Gasteiger partial charge on any atom is -0.462 e. The van der Waals surface area contributed by atoms with Gasteiger partial charge in [-0.05, 0) is 107 Å². The molecule has 4 rings (SSSR count). The van der Waals surface area contributed by atoms with Gasteiger partial charge in [0.2, 0.25) is 0 Å². The Morgan fingerprint density at radius 2 is 1.29 bits per heavy atom. The lowest BCUT2D eigenvalue weighted by Gasteiger charge is -2.30. The van der Waals surface area contributed by atoms with Gasteiger partial charge >= 0.3 is 11.9 Å². The molecule has 0 aliphatic heterocycles. The molecule has 0 heterocycles. The fourth-order valence-corrected chi connectivity index (χ4v) is 6.19. The van der Waals surface area contributed by atoms with E-state index >= 15 is 0 Å². The zero-order valence-electron chi connectivity index (χ0n) is 19.7. The van der Waals surface area contributed by atoms with Crippen molar-refractivity contribution in [2.75, 3.05) is 0 Å². The molecule has 0 saturated heterocycles. The minimum atomic E-state index is -4.48. The number of carbonyl (C=O) groups is 2. The van der Waals surface area contributed by atoms with Crippen molar-refractivity contribution in [2.45, 2.75) is 113 Å². The van der Waals surface area contributed by atoms with Crippen LogP contribution in [0.5, 0.6) is 0 Å². The number of benzene rings is 1. The van der Waals surface area contributed by atoms with Crippen LogP contribution < -0.4 is 0 Å². The van der Waals surface area contributed by atoms with Crippen molar-refractivity contribution in [3.05, 3.63) is 29.3 Å². The second-order valence-corrected chi connectivity index (χ2v) is 11.6. The Labute approximate surface area is 202 Å². The van der Waals surface area contributed by atoms with E-state index in [0.717, 1.165) is 57.8 Å². The van der Waals surface area contributed by atoms with Crippen molar-refractivity contribution in [3.8, 4) is 0 Å². The highest BCUT2D eigenvalue weighted by atomic mass is 32.2. The Balaban J connectivity index is 1.43. The van der Waals surface area contributed by atoms with Crippen molar-refractivity contribution in [3.63, 3.8) is 0 Å². The van der Waals surface area contributed by atoms with Gasteiger partial charge in [-0.1, -0.05) is 12.8 Å². The Morgan fingerprint density at radius 1 is 0.735 bits per heavy atom. The van der Waals surface area contributed by atoms with Crippen molar-refractivity contribution in [2.24, 2.45) is 5.92 Å². The monoisotopic (exact) mass is 492 g/mol. The number of hydrogen-bond acceptors (Lipinski definition) is 6.